The lowest BCUT2D eigenvalue weighted by atomic mass is 9.98. The molecule has 0 unspecified atom stereocenters. The van der Waals surface area contributed by atoms with Crippen molar-refractivity contribution in [2.75, 3.05) is 0 Å². The van der Waals surface area contributed by atoms with Gasteiger partial charge in [-0.15, -0.1) is 0 Å². The smallest absolute Gasteiger partial charge is 0.123 e. The maximum absolute atomic E-state index is 10.0. The molecule has 98 valence electrons. The number of hydrogen-bond acceptors (Lipinski definition) is 2. The molecule has 0 saturated carbocycles. The third-order valence-electron chi connectivity index (χ3n) is 3.30. The predicted molar refractivity (Wildman–Crippen MR) is 80.6 cm³/mol. The van der Waals surface area contributed by atoms with Gasteiger partial charge in [0.05, 0.1) is 0 Å². The van der Waals surface area contributed by atoms with Gasteiger partial charge >= 0.3 is 0 Å². The summed E-state index contributed by atoms with van der Waals surface area (Å²) in [6, 6.07) is 22.4. The summed E-state index contributed by atoms with van der Waals surface area (Å²) in [4.78, 5) is 0. The van der Waals surface area contributed by atoms with Crippen LogP contribution in [-0.4, -0.2) is 10.2 Å². The minimum absolute atomic E-state index is 0.159. The summed E-state index contributed by atoms with van der Waals surface area (Å²) in [5.74, 6) is 0.319. The first-order valence-electron chi connectivity index (χ1n) is 6.42. The lowest BCUT2D eigenvalue weighted by Gasteiger charge is -2.10. The van der Waals surface area contributed by atoms with E-state index in [1.807, 2.05) is 48.5 Å². The monoisotopic (exact) mass is 262 g/mol. The molecular formula is C18H14O2. The van der Waals surface area contributed by atoms with E-state index in [0.717, 1.165) is 11.1 Å². The van der Waals surface area contributed by atoms with Crippen LogP contribution in [0.4, 0.5) is 0 Å². The van der Waals surface area contributed by atoms with Crippen molar-refractivity contribution in [1.82, 2.24) is 0 Å². The summed E-state index contributed by atoms with van der Waals surface area (Å²) in [7, 11) is 0. The normalized spacial score (nSPS) is 10.4. The van der Waals surface area contributed by atoms with E-state index in [0.29, 0.717) is 11.1 Å². The Morgan fingerprint density at radius 2 is 1.15 bits per heavy atom. The molecule has 2 heteroatoms. The van der Waals surface area contributed by atoms with Crippen molar-refractivity contribution < 1.29 is 10.2 Å². The van der Waals surface area contributed by atoms with Crippen LogP contribution >= 0.6 is 0 Å². The summed E-state index contributed by atoms with van der Waals surface area (Å²) >= 11 is 0. The summed E-state index contributed by atoms with van der Waals surface area (Å²) in [6.07, 6.45) is 0. The second-order valence-corrected chi connectivity index (χ2v) is 4.62. The van der Waals surface area contributed by atoms with E-state index in [1.165, 1.54) is 0 Å². The summed E-state index contributed by atoms with van der Waals surface area (Å²) < 4.78 is 0. The zero-order chi connectivity index (χ0) is 13.9. The highest BCUT2D eigenvalue weighted by Gasteiger charge is 2.10. The maximum Gasteiger partial charge on any atom is 0.123 e. The number of phenolic OH excluding ortho intramolecular Hbond substituents is 2. The van der Waals surface area contributed by atoms with Gasteiger partial charge in [-0.3, -0.25) is 0 Å². The first kappa shape index (κ1) is 12.3. The van der Waals surface area contributed by atoms with Gasteiger partial charge in [-0.1, -0.05) is 54.6 Å². The Morgan fingerprint density at radius 3 is 1.90 bits per heavy atom. The summed E-state index contributed by atoms with van der Waals surface area (Å²) in [5, 5.41) is 20.0. The Bertz CT molecular complexity index is 733. The van der Waals surface area contributed by atoms with E-state index in [9.17, 15) is 10.2 Å². The molecule has 0 saturated heterocycles. The van der Waals surface area contributed by atoms with Crippen molar-refractivity contribution >= 4 is 0 Å². The average Bonchev–Trinajstić information content (AvgIpc) is 2.49. The van der Waals surface area contributed by atoms with Gasteiger partial charge in [0.2, 0.25) is 0 Å². The van der Waals surface area contributed by atoms with Crippen molar-refractivity contribution in [3.8, 4) is 33.8 Å². The Kier molecular flexibility index (Phi) is 3.13. The molecule has 0 aliphatic heterocycles. The zero-order valence-corrected chi connectivity index (χ0v) is 10.8. The molecule has 2 nitrogen and oxygen atoms in total. The maximum atomic E-state index is 10.0. The Hall–Kier alpha value is -2.74. The summed E-state index contributed by atoms with van der Waals surface area (Å²) in [6.45, 7) is 0. The van der Waals surface area contributed by atoms with Gasteiger partial charge in [-0.05, 0) is 29.3 Å². The number of hydrogen-bond donors (Lipinski definition) is 2. The molecule has 20 heavy (non-hydrogen) atoms. The van der Waals surface area contributed by atoms with Crippen molar-refractivity contribution in [3.63, 3.8) is 0 Å². The fraction of sp³-hybridized carbons (Fsp3) is 0. The number of phenols is 2. The van der Waals surface area contributed by atoms with Gasteiger partial charge in [0.25, 0.3) is 0 Å². The highest BCUT2D eigenvalue weighted by atomic mass is 16.3. The van der Waals surface area contributed by atoms with Crippen molar-refractivity contribution in [2.45, 2.75) is 0 Å². The van der Waals surface area contributed by atoms with E-state index >= 15 is 0 Å². The largest absolute Gasteiger partial charge is 0.507 e. The number of aromatic hydroxyl groups is 2. The SMILES string of the molecule is Oc1ccccc1-c1cc(-c2ccccc2)ccc1O. The molecule has 0 heterocycles. The molecule has 0 radical (unpaired) electrons. The average molecular weight is 262 g/mol. The molecule has 0 fully saturated rings. The van der Waals surface area contributed by atoms with Crippen LogP contribution in [0.2, 0.25) is 0 Å². The Labute approximate surface area is 117 Å². The fourth-order valence-corrected chi connectivity index (χ4v) is 2.26. The number of para-hydroxylation sites is 1. The predicted octanol–water partition coefficient (Wildman–Crippen LogP) is 4.43. The van der Waals surface area contributed by atoms with Crippen molar-refractivity contribution in [2.24, 2.45) is 0 Å². The van der Waals surface area contributed by atoms with Gasteiger partial charge in [0.15, 0.2) is 0 Å². The molecule has 0 aliphatic carbocycles. The Balaban J connectivity index is 2.15. The second-order valence-electron chi connectivity index (χ2n) is 4.62. The number of rotatable bonds is 2. The van der Waals surface area contributed by atoms with Crippen LogP contribution in [0.3, 0.4) is 0 Å². The lowest BCUT2D eigenvalue weighted by Crippen LogP contribution is -1.83. The molecule has 3 aromatic rings. The van der Waals surface area contributed by atoms with Crippen LogP contribution in [0.15, 0.2) is 72.8 Å². The minimum Gasteiger partial charge on any atom is -0.507 e. The quantitative estimate of drug-likeness (QED) is 0.717. The zero-order valence-electron chi connectivity index (χ0n) is 10.8. The molecular weight excluding hydrogens is 248 g/mol. The topological polar surface area (TPSA) is 40.5 Å². The van der Waals surface area contributed by atoms with E-state index < -0.39 is 0 Å². The van der Waals surface area contributed by atoms with E-state index in [1.54, 1.807) is 24.3 Å². The third-order valence-corrected chi connectivity index (χ3v) is 3.30. The molecule has 0 atom stereocenters. The van der Waals surface area contributed by atoms with Crippen LogP contribution in [0.1, 0.15) is 0 Å². The molecule has 2 N–H and O–H groups in total. The molecule has 0 amide bonds. The fourth-order valence-electron chi connectivity index (χ4n) is 2.26. The first-order chi connectivity index (χ1) is 9.75. The molecule has 0 aromatic heterocycles. The molecule has 0 aliphatic rings. The van der Waals surface area contributed by atoms with Crippen LogP contribution < -0.4 is 0 Å². The van der Waals surface area contributed by atoms with Crippen LogP contribution in [-0.2, 0) is 0 Å². The first-order valence-corrected chi connectivity index (χ1v) is 6.42. The molecule has 3 aromatic carbocycles. The summed E-state index contributed by atoms with van der Waals surface area (Å²) in [5.41, 5.74) is 3.33. The standard InChI is InChI=1S/C18H14O2/c19-17-9-5-4-8-15(17)16-12-14(10-11-18(16)20)13-6-2-1-3-7-13/h1-12,19-20H. The third kappa shape index (κ3) is 2.24. The molecule has 3 rings (SSSR count). The van der Waals surface area contributed by atoms with Gasteiger partial charge in [-0.25, -0.2) is 0 Å². The molecule has 0 spiro atoms. The number of benzene rings is 3. The van der Waals surface area contributed by atoms with Crippen molar-refractivity contribution in [1.29, 1.82) is 0 Å². The van der Waals surface area contributed by atoms with Crippen molar-refractivity contribution in [3.05, 3.63) is 72.8 Å². The van der Waals surface area contributed by atoms with Crippen LogP contribution in [0.25, 0.3) is 22.3 Å². The van der Waals surface area contributed by atoms with Crippen LogP contribution in [0, 0.1) is 0 Å². The highest BCUT2D eigenvalue weighted by molar-refractivity contribution is 5.80. The van der Waals surface area contributed by atoms with Gasteiger partial charge in [0, 0.05) is 11.1 Å². The molecule has 0 bridgehead atoms. The van der Waals surface area contributed by atoms with Gasteiger partial charge < -0.3 is 10.2 Å². The highest BCUT2D eigenvalue weighted by Crippen LogP contribution is 2.37. The van der Waals surface area contributed by atoms with Gasteiger partial charge in [-0.2, -0.15) is 0 Å². The Morgan fingerprint density at radius 1 is 0.500 bits per heavy atom. The second kappa shape index (κ2) is 5.10. The van der Waals surface area contributed by atoms with E-state index in [-0.39, 0.29) is 11.5 Å². The van der Waals surface area contributed by atoms with Gasteiger partial charge in [0.1, 0.15) is 11.5 Å². The minimum atomic E-state index is 0.159. The van der Waals surface area contributed by atoms with Crippen LogP contribution in [0.5, 0.6) is 11.5 Å². The van der Waals surface area contributed by atoms with E-state index in [4.69, 9.17) is 0 Å². The lowest BCUT2D eigenvalue weighted by molar-refractivity contribution is 0.469. The van der Waals surface area contributed by atoms with E-state index in [2.05, 4.69) is 0 Å².